The average Bonchev–Trinajstić information content (AvgIpc) is 3.48. The molecule has 35 heavy (non-hydrogen) atoms. The largest absolute Gasteiger partial charge is 0.338 e. The zero-order valence-electron chi connectivity index (χ0n) is 21.0. The minimum atomic E-state index is -0.373. The van der Waals surface area contributed by atoms with Crippen LogP contribution in [0.2, 0.25) is 0 Å². The molecule has 2 heterocycles. The van der Waals surface area contributed by atoms with Crippen LogP contribution in [0.25, 0.3) is 11.4 Å². The molecule has 0 radical (unpaired) electrons. The van der Waals surface area contributed by atoms with Gasteiger partial charge in [-0.2, -0.15) is 4.98 Å². The van der Waals surface area contributed by atoms with Crippen LogP contribution in [-0.2, 0) is 15.0 Å². The lowest BCUT2D eigenvalue weighted by Gasteiger charge is -2.56. The summed E-state index contributed by atoms with van der Waals surface area (Å²) in [6.45, 7) is 6.79. The highest BCUT2D eigenvalue weighted by Crippen LogP contribution is 2.60. The monoisotopic (exact) mass is 476 g/mol. The van der Waals surface area contributed by atoms with Gasteiger partial charge in [0.05, 0.1) is 5.41 Å². The van der Waals surface area contributed by atoms with E-state index >= 15 is 0 Å². The number of aromatic nitrogens is 2. The topological polar surface area (TPSA) is 88.3 Å². The van der Waals surface area contributed by atoms with Gasteiger partial charge in [-0.05, 0) is 93.4 Å². The molecule has 1 saturated heterocycles. The van der Waals surface area contributed by atoms with E-state index in [4.69, 9.17) is 4.52 Å². The highest BCUT2D eigenvalue weighted by molar-refractivity contribution is 5.98. The average molecular weight is 477 g/mol. The fourth-order valence-corrected chi connectivity index (χ4v) is 7.53. The van der Waals surface area contributed by atoms with Gasteiger partial charge < -0.3 is 14.7 Å². The summed E-state index contributed by atoms with van der Waals surface area (Å²) < 4.78 is 5.40. The lowest BCUT2D eigenvalue weighted by atomic mass is 9.49. The van der Waals surface area contributed by atoms with Crippen molar-refractivity contribution in [1.29, 1.82) is 0 Å². The number of carbonyl (C=O) groups excluding carboxylic acids is 2. The second kappa shape index (κ2) is 8.17. The fourth-order valence-electron chi connectivity index (χ4n) is 7.53. The molecular formula is C28H36N4O3. The third kappa shape index (κ3) is 4.07. The van der Waals surface area contributed by atoms with Crippen LogP contribution in [0.1, 0.15) is 78.0 Å². The van der Waals surface area contributed by atoms with Crippen molar-refractivity contribution in [3.05, 3.63) is 30.2 Å². The highest BCUT2D eigenvalue weighted by atomic mass is 16.5. The molecule has 0 spiro atoms. The Kier molecular flexibility index (Phi) is 5.31. The Bertz CT molecular complexity index is 1090. The Morgan fingerprint density at radius 2 is 1.66 bits per heavy atom. The Hall–Kier alpha value is -2.70. The molecule has 4 saturated carbocycles. The molecule has 7 nitrogen and oxygen atoms in total. The van der Waals surface area contributed by atoms with E-state index in [9.17, 15) is 9.59 Å². The van der Waals surface area contributed by atoms with Gasteiger partial charge in [-0.25, -0.2) is 0 Å². The van der Waals surface area contributed by atoms with Crippen molar-refractivity contribution < 1.29 is 14.1 Å². The van der Waals surface area contributed by atoms with Crippen molar-refractivity contribution in [2.45, 2.75) is 83.6 Å². The van der Waals surface area contributed by atoms with Gasteiger partial charge in [0.1, 0.15) is 6.04 Å². The number of carbonyl (C=O) groups is 2. The molecule has 1 unspecified atom stereocenters. The maximum Gasteiger partial charge on any atom is 0.247 e. The number of nitrogens with one attached hydrogen (secondary N) is 1. The second-order valence-corrected chi connectivity index (χ2v) is 12.6. The quantitative estimate of drug-likeness (QED) is 0.657. The molecule has 1 aromatic heterocycles. The normalized spacial score (nSPS) is 31.7. The smallest absolute Gasteiger partial charge is 0.247 e. The van der Waals surface area contributed by atoms with E-state index in [0.29, 0.717) is 23.9 Å². The number of nitrogens with zero attached hydrogens (tertiary/aromatic N) is 3. The van der Waals surface area contributed by atoms with E-state index in [0.717, 1.165) is 55.4 Å². The number of hydrogen-bond acceptors (Lipinski definition) is 5. The van der Waals surface area contributed by atoms with Gasteiger partial charge in [0.15, 0.2) is 0 Å². The lowest BCUT2D eigenvalue weighted by Crippen LogP contribution is -2.56. The van der Waals surface area contributed by atoms with E-state index < -0.39 is 0 Å². The Labute approximate surface area is 207 Å². The molecule has 2 amide bonds. The maximum absolute atomic E-state index is 13.9. The molecule has 5 aliphatic rings. The number of benzene rings is 1. The molecule has 1 aromatic carbocycles. The van der Waals surface area contributed by atoms with Crippen LogP contribution in [-0.4, -0.2) is 39.4 Å². The molecule has 5 fully saturated rings. The molecular weight excluding hydrogens is 440 g/mol. The second-order valence-electron chi connectivity index (χ2n) is 12.6. The van der Waals surface area contributed by atoms with Crippen LogP contribution in [0.15, 0.2) is 28.8 Å². The van der Waals surface area contributed by atoms with Gasteiger partial charge in [0, 0.05) is 23.2 Å². The first-order chi connectivity index (χ1) is 16.7. The Morgan fingerprint density at radius 1 is 1.03 bits per heavy atom. The van der Waals surface area contributed by atoms with Crippen molar-refractivity contribution in [1.82, 2.24) is 15.0 Å². The molecule has 2 aromatic rings. The van der Waals surface area contributed by atoms with Crippen LogP contribution < -0.4 is 5.32 Å². The summed E-state index contributed by atoms with van der Waals surface area (Å²) >= 11 is 0. The summed E-state index contributed by atoms with van der Waals surface area (Å²) in [6, 6.07) is 7.13. The molecule has 7 rings (SSSR count). The van der Waals surface area contributed by atoms with E-state index in [1.165, 1.54) is 19.3 Å². The molecule has 186 valence electrons. The van der Waals surface area contributed by atoms with E-state index in [2.05, 4.69) is 15.5 Å². The molecule has 1 N–H and O–H groups in total. The number of amides is 2. The molecule has 4 bridgehead atoms. The van der Waals surface area contributed by atoms with Gasteiger partial charge in [-0.3, -0.25) is 9.59 Å². The van der Waals surface area contributed by atoms with Crippen molar-refractivity contribution in [3.63, 3.8) is 0 Å². The SMILES string of the molecule is CC(C)(C)c1nc(-c2ccc(NC(=O)C3CCCN3C(=O)C34CC5CC(CC(C5)C3)C4)cc2)no1. The summed E-state index contributed by atoms with van der Waals surface area (Å²) in [5.74, 6) is 3.47. The van der Waals surface area contributed by atoms with Crippen LogP contribution in [0.4, 0.5) is 5.69 Å². The maximum atomic E-state index is 13.9. The standard InChI is InChI=1S/C28H36N4O3/c1-27(2,3)25-30-23(31-35-25)20-6-8-21(9-7-20)29-24(33)22-5-4-10-32(22)26(34)28-14-17-11-18(15-28)13-19(12-17)16-28/h6-9,17-19,22H,4-5,10-16H2,1-3H3,(H,29,33). The zero-order chi connectivity index (χ0) is 24.4. The summed E-state index contributed by atoms with van der Waals surface area (Å²) in [4.78, 5) is 33.6. The van der Waals surface area contributed by atoms with Gasteiger partial charge in [0.2, 0.25) is 23.5 Å². The third-order valence-electron chi connectivity index (χ3n) is 8.79. The first kappa shape index (κ1) is 22.7. The summed E-state index contributed by atoms with van der Waals surface area (Å²) in [7, 11) is 0. The molecule has 1 atom stereocenters. The summed E-state index contributed by atoms with van der Waals surface area (Å²) in [5, 5.41) is 7.15. The van der Waals surface area contributed by atoms with Crippen molar-refractivity contribution in [2.24, 2.45) is 23.2 Å². The van der Waals surface area contributed by atoms with Crippen LogP contribution in [0.3, 0.4) is 0 Å². The van der Waals surface area contributed by atoms with Crippen molar-refractivity contribution in [2.75, 3.05) is 11.9 Å². The van der Waals surface area contributed by atoms with Gasteiger partial charge in [-0.15, -0.1) is 0 Å². The van der Waals surface area contributed by atoms with Gasteiger partial charge >= 0.3 is 0 Å². The fraction of sp³-hybridized carbons (Fsp3) is 0.643. The highest BCUT2D eigenvalue weighted by Gasteiger charge is 2.56. The van der Waals surface area contributed by atoms with Crippen LogP contribution in [0, 0.1) is 23.2 Å². The van der Waals surface area contributed by atoms with Crippen LogP contribution >= 0.6 is 0 Å². The van der Waals surface area contributed by atoms with E-state index in [-0.39, 0.29) is 28.7 Å². The summed E-state index contributed by atoms with van der Waals surface area (Å²) in [6.07, 6.45) is 8.68. The van der Waals surface area contributed by atoms with Gasteiger partial charge in [0.25, 0.3) is 0 Å². The molecule has 4 aliphatic carbocycles. The number of anilines is 1. The number of rotatable bonds is 4. The predicted octanol–water partition coefficient (Wildman–Crippen LogP) is 5.18. The van der Waals surface area contributed by atoms with Gasteiger partial charge in [-0.1, -0.05) is 25.9 Å². The van der Waals surface area contributed by atoms with Crippen molar-refractivity contribution >= 4 is 17.5 Å². The minimum Gasteiger partial charge on any atom is -0.338 e. The zero-order valence-corrected chi connectivity index (χ0v) is 21.0. The third-order valence-corrected chi connectivity index (χ3v) is 8.79. The minimum absolute atomic E-state index is 0.0806. The van der Waals surface area contributed by atoms with Crippen molar-refractivity contribution in [3.8, 4) is 11.4 Å². The first-order valence-corrected chi connectivity index (χ1v) is 13.3. The predicted molar refractivity (Wildman–Crippen MR) is 132 cm³/mol. The van der Waals surface area contributed by atoms with E-state index in [1.54, 1.807) is 0 Å². The molecule has 7 heteroatoms. The molecule has 1 aliphatic heterocycles. The van der Waals surface area contributed by atoms with E-state index in [1.807, 2.05) is 49.9 Å². The first-order valence-electron chi connectivity index (χ1n) is 13.3. The lowest BCUT2D eigenvalue weighted by molar-refractivity contribution is -0.160. The number of hydrogen-bond donors (Lipinski definition) is 1. The number of likely N-dealkylation sites (tertiary alicyclic amines) is 1. The Morgan fingerprint density at radius 3 is 2.23 bits per heavy atom. The summed E-state index contributed by atoms with van der Waals surface area (Å²) in [5.41, 5.74) is 1.14. The Balaban J connectivity index is 1.13. The van der Waals surface area contributed by atoms with Crippen LogP contribution in [0.5, 0.6) is 0 Å².